The van der Waals surface area contributed by atoms with Gasteiger partial charge in [-0.05, 0) is 128 Å². The van der Waals surface area contributed by atoms with Crippen molar-refractivity contribution in [2.24, 2.45) is 94.9 Å². The van der Waals surface area contributed by atoms with E-state index in [-0.39, 0.29) is 133 Å². The van der Waals surface area contributed by atoms with Crippen molar-refractivity contribution >= 4 is 83.0 Å². The molecular formula is C54H104N24O11. The number of rotatable bonds is 45. The summed E-state index contributed by atoms with van der Waals surface area (Å²) < 4.78 is 0. The maximum Gasteiger partial charge on any atom is 0.326 e. The molecule has 0 aromatic carbocycles. The van der Waals surface area contributed by atoms with Crippen LogP contribution in [0.15, 0.2) is 20.0 Å². The molecule has 1 heterocycles. The van der Waals surface area contributed by atoms with E-state index >= 15 is 0 Å². The van der Waals surface area contributed by atoms with Crippen LogP contribution in [0, 0.1) is 11.8 Å². The van der Waals surface area contributed by atoms with Gasteiger partial charge in [0.15, 0.2) is 23.8 Å². The largest absolute Gasteiger partial charge is 0.480 e. The Morgan fingerprint density at radius 3 is 1.25 bits per heavy atom. The van der Waals surface area contributed by atoms with E-state index < -0.39 is 120 Å². The van der Waals surface area contributed by atoms with Crippen LogP contribution in [-0.4, -0.2) is 200 Å². The summed E-state index contributed by atoms with van der Waals surface area (Å²) in [6, 6.07) is -11.1. The second kappa shape index (κ2) is 43.3. The number of hydrogen-bond acceptors (Lipinski definition) is 17. The molecule has 0 saturated carbocycles. The van der Waals surface area contributed by atoms with Crippen LogP contribution in [-0.2, 0) is 47.9 Å². The lowest BCUT2D eigenvalue weighted by Crippen LogP contribution is -2.60. The minimum atomic E-state index is -1.43. The smallest absolute Gasteiger partial charge is 0.326 e. The maximum absolute atomic E-state index is 14.5. The number of amides is 9. The molecule has 1 aliphatic rings. The number of carbonyl (C=O) groups is 10. The molecule has 0 spiro atoms. The van der Waals surface area contributed by atoms with Crippen LogP contribution in [0.4, 0.5) is 0 Å². The molecular weight excluding hydrogens is 1160 g/mol. The van der Waals surface area contributed by atoms with Crippen LogP contribution in [0.25, 0.3) is 0 Å². The topological polar surface area (TPSA) is 626 Å². The van der Waals surface area contributed by atoms with Gasteiger partial charge in [0.05, 0.1) is 12.6 Å². The fourth-order valence-electron chi connectivity index (χ4n) is 9.36. The number of guanidine groups is 4. The molecule has 1 fully saturated rings. The normalized spacial score (nSPS) is 15.4. The van der Waals surface area contributed by atoms with Crippen molar-refractivity contribution < 1.29 is 53.1 Å². The Bertz CT molecular complexity index is 2390. The first-order valence-electron chi connectivity index (χ1n) is 30.3. The van der Waals surface area contributed by atoms with Gasteiger partial charge in [-0.15, -0.1) is 0 Å². The Hall–Kier alpha value is -8.34. The van der Waals surface area contributed by atoms with Gasteiger partial charge in [-0.1, -0.05) is 34.1 Å². The van der Waals surface area contributed by atoms with Crippen molar-refractivity contribution in [2.45, 2.75) is 191 Å². The van der Waals surface area contributed by atoms with Gasteiger partial charge in [-0.2, -0.15) is 0 Å². The van der Waals surface area contributed by atoms with Crippen molar-refractivity contribution in [3.8, 4) is 0 Å². The van der Waals surface area contributed by atoms with Crippen LogP contribution in [0.5, 0.6) is 0 Å². The summed E-state index contributed by atoms with van der Waals surface area (Å²) in [4.78, 5) is 155. The standard InChI is InChI=1S/C54H104N24O11/c1-30(2)28-38(76-47(85)39-20-13-27-78(39)49(87)32(57)14-5-7-21-55)42(80)70-29-40(79)77-41(31(3)4)48(86)74-36(18-11-25-68-53(62)63)45(83)71-33(15-6-8-22-56)43(81)72-34(16-9-23-66-51(58)59)44(82)73-35(17-10-24-67-52(60)61)46(84)75-37(50(88)89)19-12-26-69-54(64)65/h30-39,41H,5-29,55-57H2,1-4H3,(H,70,80)(H,71,83)(H,72,81)(H,73,82)(H,74,86)(H,75,84)(H,76,85)(H,77,79)(H,88,89)(H4,58,59,66)(H4,60,61,67)(H4,62,63,68)(H4,64,65,69)/t32-,33-,34-,35-,36-,37-,38-,39-,41-/m0/s1. The second-order valence-corrected chi connectivity index (χ2v) is 22.5. The van der Waals surface area contributed by atoms with Gasteiger partial charge in [-0.3, -0.25) is 63.1 Å². The molecule has 506 valence electrons. The number of unbranched alkanes of at least 4 members (excludes halogenated alkanes) is 2. The van der Waals surface area contributed by atoms with Crippen molar-refractivity contribution in [3.63, 3.8) is 0 Å². The zero-order valence-corrected chi connectivity index (χ0v) is 52.1. The molecule has 31 N–H and O–H groups in total. The molecule has 0 aromatic rings. The molecule has 0 bridgehead atoms. The number of nitrogens with zero attached hydrogens (tertiary/aromatic N) is 5. The van der Waals surface area contributed by atoms with Crippen LogP contribution >= 0.6 is 0 Å². The highest BCUT2D eigenvalue weighted by Crippen LogP contribution is 2.20. The molecule has 89 heavy (non-hydrogen) atoms. The predicted molar refractivity (Wildman–Crippen MR) is 337 cm³/mol. The molecule has 1 saturated heterocycles. The van der Waals surface area contributed by atoms with Crippen LogP contribution in [0.1, 0.15) is 137 Å². The Morgan fingerprint density at radius 1 is 0.483 bits per heavy atom. The summed E-state index contributed by atoms with van der Waals surface area (Å²) in [5.74, 6) is -9.71. The lowest BCUT2D eigenvalue weighted by molar-refractivity contribution is -0.142. The third kappa shape index (κ3) is 33.0. The van der Waals surface area contributed by atoms with E-state index in [9.17, 15) is 53.1 Å². The zero-order chi connectivity index (χ0) is 67.2. The van der Waals surface area contributed by atoms with Crippen LogP contribution < -0.4 is 106 Å². The van der Waals surface area contributed by atoms with Gasteiger partial charge in [0, 0.05) is 32.7 Å². The maximum atomic E-state index is 14.5. The first-order valence-corrected chi connectivity index (χ1v) is 30.3. The lowest BCUT2D eigenvalue weighted by Gasteiger charge is -2.29. The fraction of sp³-hybridized carbons (Fsp3) is 0.741. The van der Waals surface area contributed by atoms with Crippen molar-refractivity contribution in [2.75, 3.05) is 52.4 Å². The van der Waals surface area contributed by atoms with E-state index in [0.29, 0.717) is 58.0 Å². The SMILES string of the molecule is CC(C)C[C@H](NC(=O)[C@@H]1CCCN1C(=O)[C@@H](N)CCCCN)C(=O)NCC(=O)N[C@H](C(=O)N[C@@H](CCCN=C(N)N)C(=O)N[C@@H](CCCCN)C(=O)N[C@@H](CCCN=C(N)N)C(=O)N[C@@H](CCCN=C(N)N)C(=O)N[C@@H](CCCN=C(N)N)C(=O)O)C(C)C. The number of likely N-dealkylation sites (tertiary alicyclic amines) is 1. The summed E-state index contributed by atoms with van der Waals surface area (Å²) >= 11 is 0. The zero-order valence-electron chi connectivity index (χ0n) is 52.1. The molecule has 9 amide bonds. The molecule has 35 heteroatoms. The minimum absolute atomic E-state index is 0.00525. The third-order valence-corrected chi connectivity index (χ3v) is 14.0. The monoisotopic (exact) mass is 1260 g/mol. The Morgan fingerprint density at radius 2 is 0.865 bits per heavy atom. The van der Waals surface area contributed by atoms with Crippen molar-refractivity contribution in [3.05, 3.63) is 0 Å². The Labute approximate surface area is 520 Å². The molecule has 0 unspecified atom stereocenters. The number of nitrogens with two attached hydrogens (primary N) is 11. The summed E-state index contributed by atoms with van der Waals surface area (Å²) in [5, 5.41) is 30.9. The minimum Gasteiger partial charge on any atom is -0.480 e. The number of nitrogens with one attached hydrogen (secondary N) is 8. The molecule has 0 aromatic heterocycles. The lowest BCUT2D eigenvalue weighted by atomic mass is 10.0. The van der Waals surface area contributed by atoms with E-state index in [1.165, 1.54) is 4.90 Å². The summed E-state index contributed by atoms with van der Waals surface area (Å²) in [6.45, 7) is 7.42. The average Bonchev–Trinajstić information content (AvgIpc) is 2.15. The molecule has 35 nitrogen and oxygen atoms in total. The van der Waals surface area contributed by atoms with Crippen LogP contribution in [0.3, 0.4) is 0 Å². The summed E-state index contributed by atoms with van der Waals surface area (Å²) in [5.41, 5.74) is 61.5. The molecule has 0 aliphatic carbocycles. The molecule has 0 radical (unpaired) electrons. The number of carboxylic acid groups (broad SMARTS) is 1. The first kappa shape index (κ1) is 78.7. The van der Waals surface area contributed by atoms with Gasteiger partial charge < -0.3 is 116 Å². The van der Waals surface area contributed by atoms with Gasteiger partial charge in [0.1, 0.15) is 48.3 Å². The van der Waals surface area contributed by atoms with E-state index in [2.05, 4.69) is 62.5 Å². The second-order valence-electron chi connectivity index (χ2n) is 22.5. The Kier molecular flexibility index (Phi) is 38.3. The summed E-state index contributed by atoms with van der Waals surface area (Å²) in [7, 11) is 0. The predicted octanol–water partition coefficient (Wildman–Crippen LogP) is -6.93. The van der Waals surface area contributed by atoms with E-state index in [1.807, 2.05) is 13.8 Å². The Balaban J connectivity index is 3.51. The van der Waals surface area contributed by atoms with E-state index in [1.54, 1.807) is 13.8 Å². The van der Waals surface area contributed by atoms with E-state index in [4.69, 9.17) is 63.1 Å². The van der Waals surface area contributed by atoms with Crippen LogP contribution in [0.2, 0.25) is 0 Å². The van der Waals surface area contributed by atoms with Gasteiger partial charge in [-0.25, -0.2) is 4.79 Å². The molecule has 9 atom stereocenters. The molecule has 1 rings (SSSR count). The average molecular weight is 1270 g/mol. The fourth-order valence-corrected chi connectivity index (χ4v) is 9.36. The number of carboxylic acids is 1. The highest BCUT2D eigenvalue weighted by atomic mass is 16.4. The highest BCUT2D eigenvalue weighted by molar-refractivity contribution is 5.98. The number of carbonyl (C=O) groups excluding carboxylic acids is 9. The van der Waals surface area contributed by atoms with Crippen molar-refractivity contribution in [1.29, 1.82) is 0 Å². The highest BCUT2D eigenvalue weighted by Gasteiger charge is 2.39. The van der Waals surface area contributed by atoms with E-state index in [0.717, 1.165) is 0 Å². The first-order chi connectivity index (χ1) is 42.0. The molecule has 1 aliphatic heterocycles. The van der Waals surface area contributed by atoms with Gasteiger partial charge in [0.2, 0.25) is 53.2 Å². The van der Waals surface area contributed by atoms with Gasteiger partial charge >= 0.3 is 5.97 Å². The third-order valence-electron chi connectivity index (χ3n) is 14.0. The number of hydrogen-bond donors (Lipinski definition) is 20. The van der Waals surface area contributed by atoms with Gasteiger partial charge in [0.25, 0.3) is 0 Å². The number of aliphatic imine (C=N–C) groups is 4. The quantitative estimate of drug-likeness (QED) is 0.0153. The van der Waals surface area contributed by atoms with Crippen molar-refractivity contribution in [1.82, 2.24) is 47.4 Å². The summed E-state index contributed by atoms with van der Waals surface area (Å²) in [6.07, 6.45) is 3.63. The number of aliphatic carboxylic acids is 1.